The van der Waals surface area contributed by atoms with Crippen molar-refractivity contribution in [2.75, 3.05) is 6.61 Å². The van der Waals surface area contributed by atoms with E-state index in [0.717, 1.165) is 24.7 Å². The summed E-state index contributed by atoms with van der Waals surface area (Å²) < 4.78 is 26.0. The number of allylic oxidation sites excluding steroid dienone is 2. The Kier molecular flexibility index (Phi) is 9.44. The summed E-state index contributed by atoms with van der Waals surface area (Å²) in [4.78, 5) is 26.3. The van der Waals surface area contributed by atoms with Gasteiger partial charge in [-0.15, -0.1) is 0 Å². The summed E-state index contributed by atoms with van der Waals surface area (Å²) in [5.41, 5.74) is 0.273. The minimum atomic E-state index is -1.74. The average Bonchev–Trinajstić information content (AvgIpc) is 3.36. The van der Waals surface area contributed by atoms with Gasteiger partial charge in [-0.3, -0.25) is 4.79 Å². The van der Waals surface area contributed by atoms with E-state index < -0.39 is 47.5 Å². The molecule has 8 nitrogen and oxygen atoms in total. The number of hydrogen-bond donors (Lipinski definition) is 2. The molecular weight excluding hydrogens is 572 g/mol. The van der Waals surface area contributed by atoms with Crippen molar-refractivity contribution >= 4 is 12.3 Å². The zero-order chi connectivity index (χ0) is 31.9. The maximum absolute atomic E-state index is 14.1. The average molecular weight is 623 g/mol. The van der Waals surface area contributed by atoms with E-state index in [1.165, 1.54) is 19.3 Å². The lowest BCUT2D eigenvalue weighted by Gasteiger charge is -2.49. The smallest absolute Gasteiger partial charge is 0.316 e. The molecule has 4 heterocycles. The zero-order valence-corrected chi connectivity index (χ0v) is 27.1. The summed E-state index contributed by atoms with van der Waals surface area (Å²) in [6.45, 7) is 7.93. The summed E-state index contributed by atoms with van der Waals surface area (Å²) in [7, 11) is 0. The van der Waals surface area contributed by atoms with Gasteiger partial charge in [-0.1, -0.05) is 75.1 Å². The number of hydrogen-bond acceptors (Lipinski definition) is 8. The van der Waals surface area contributed by atoms with Gasteiger partial charge in [0.15, 0.2) is 5.79 Å². The lowest BCUT2D eigenvalue weighted by Crippen LogP contribution is -2.57. The fourth-order valence-electron chi connectivity index (χ4n) is 8.51. The molecule has 6 aliphatic rings. The highest BCUT2D eigenvalue weighted by atomic mass is 16.7. The highest BCUT2D eigenvalue weighted by Gasteiger charge is 2.60. The fraction of sp³-hybridized carbons (Fsp3) is 0.676. The molecule has 0 aromatic carbocycles. The van der Waals surface area contributed by atoms with Crippen molar-refractivity contribution in [1.82, 2.24) is 0 Å². The Balaban J connectivity index is 1.37. The number of ether oxygens (including phenoxy) is 4. The molecule has 0 amide bonds. The van der Waals surface area contributed by atoms with Crippen LogP contribution in [0.2, 0.25) is 0 Å². The van der Waals surface area contributed by atoms with Crippen LogP contribution in [-0.4, -0.2) is 71.0 Å². The first kappa shape index (κ1) is 32.6. The first-order valence-electron chi connectivity index (χ1n) is 17.0. The van der Waals surface area contributed by atoms with Crippen LogP contribution in [-0.2, 0) is 28.5 Å². The quantitative estimate of drug-likeness (QED) is 0.243. The maximum atomic E-state index is 14.1. The number of rotatable bonds is 2. The molecule has 2 unspecified atom stereocenters. The SMILES string of the molecule is CC1=C[C@H]2C(=O)O[C@H]3C[C@@H](C/C=C(\C)[C@@H](O)[C@@H](C)/C=C/C=C4\CO[C@H](C1C=O)[C@@]42O)OC1(C=C[C@H](C)[C@@H](C2CCCCC2)O1)C3. The van der Waals surface area contributed by atoms with Gasteiger partial charge in [-0.05, 0) is 56.3 Å². The lowest BCUT2D eigenvalue weighted by atomic mass is 9.68. The van der Waals surface area contributed by atoms with Gasteiger partial charge in [0.05, 0.1) is 30.8 Å². The predicted molar refractivity (Wildman–Crippen MR) is 169 cm³/mol. The third kappa shape index (κ3) is 6.21. The standard InChI is InChI=1S/C37H50O8/c1-22-9-8-12-27-21-42-34-30(20-38)25(4)17-31(37(27,34)41)35(40)43-29-18-28(14-13-23(2)32(22)39)44-36(19-29)16-15-24(3)33(45-36)26-10-6-5-7-11-26/h8-9,12-13,15-17,20,22,24,26,28-34,39,41H,5-7,10-11,14,18-19,21H2,1-4H3/b9-8+,23-13+,27-12+/t22-,24-,28+,29-,30?,31-,32-,33-,34+,36?,37+/m0/s1. The molecule has 0 aromatic heterocycles. The molecule has 2 bridgehead atoms. The predicted octanol–water partition coefficient (Wildman–Crippen LogP) is 5.30. The maximum Gasteiger partial charge on any atom is 0.316 e. The second-order valence-electron chi connectivity index (χ2n) is 14.4. The fourth-order valence-corrected chi connectivity index (χ4v) is 8.51. The first-order valence-corrected chi connectivity index (χ1v) is 17.0. The molecule has 4 aliphatic heterocycles. The van der Waals surface area contributed by atoms with Crippen molar-refractivity contribution in [1.29, 1.82) is 0 Å². The minimum Gasteiger partial charge on any atom is -0.462 e. The third-order valence-corrected chi connectivity index (χ3v) is 11.2. The Morgan fingerprint density at radius 3 is 2.53 bits per heavy atom. The molecule has 3 fully saturated rings. The molecule has 45 heavy (non-hydrogen) atoms. The van der Waals surface area contributed by atoms with Crippen LogP contribution in [0.25, 0.3) is 0 Å². The largest absolute Gasteiger partial charge is 0.462 e. The van der Waals surface area contributed by atoms with Crippen LogP contribution in [0, 0.1) is 29.6 Å². The van der Waals surface area contributed by atoms with Crippen LogP contribution in [0.4, 0.5) is 0 Å². The van der Waals surface area contributed by atoms with Crippen LogP contribution in [0.1, 0.15) is 79.1 Å². The summed E-state index contributed by atoms with van der Waals surface area (Å²) in [6, 6.07) is 0. The van der Waals surface area contributed by atoms with Gasteiger partial charge >= 0.3 is 5.97 Å². The topological polar surface area (TPSA) is 112 Å². The summed E-state index contributed by atoms with van der Waals surface area (Å²) >= 11 is 0. The number of fused-ring (bicyclic) bond motifs is 2. The molecular formula is C37H50O8. The van der Waals surface area contributed by atoms with E-state index in [1.807, 2.05) is 32.1 Å². The van der Waals surface area contributed by atoms with Crippen LogP contribution < -0.4 is 0 Å². The van der Waals surface area contributed by atoms with Crippen LogP contribution in [0.3, 0.4) is 0 Å². The Morgan fingerprint density at radius 2 is 1.78 bits per heavy atom. The second-order valence-corrected chi connectivity index (χ2v) is 14.4. The normalized spacial score (nSPS) is 47.5. The molecule has 0 radical (unpaired) electrons. The molecule has 6 rings (SSSR count). The molecule has 8 heteroatoms. The summed E-state index contributed by atoms with van der Waals surface area (Å²) in [6.07, 6.45) is 19.0. The van der Waals surface area contributed by atoms with E-state index in [2.05, 4.69) is 13.0 Å². The number of aliphatic hydroxyl groups excluding tert-OH is 1. The Morgan fingerprint density at radius 1 is 1.00 bits per heavy atom. The van der Waals surface area contributed by atoms with Crippen molar-refractivity contribution in [2.45, 2.75) is 121 Å². The van der Waals surface area contributed by atoms with Crippen molar-refractivity contribution in [2.24, 2.45) is 29.6 Å². The van der Waals surface area contributed by atoms with E-state index in [-0.39, 0.29) is 30.7 Å². The van der Waals surface area contributed by atoms with E-state index in [1.54, 1.807) is 25.2 Å². The van der Waals surface area contributed by atoms with Crippen molar-refractivity contribution in [3.05, 3.63) is 59.3 Å². The van der Waals surface area contributed by atoms with Gasteiger partial charge in [0.25, 0.3) is 0 Å². The molecule has 11 atom stereocenters. The number of aliphatic hydroxyl groups is 2. The van der Waals surface area contributed by atoms with E-state index in [9.17, 15) is 19.8 Å². The molecule has 2 saturated heterocycles. The van der Waals surface area contributed by atoms with E-state index >= 15 is 0 Å². The van der Waals surface area contributed by atoms with Crippen LogP contribution in [0.5, 0.6) is 0 Å². The lowest BCUT2D eigenvalue weighted by molar-refractivity contribution is -0.301. The minimum absolute atomic E-state index is 0.0176. The highest BCUT2D eigenvalue weighted by molar-refractivity contribution is 5.80. The van der Waals surface area contributed by atoms with Crippen molar-refractivity contribution in [3.8, 4) is 0 Å². The second kappa shape index (κ2) is 13.0. The van der Waals surface area contributed by atoms with E-state index in [0.29, 0.717) is 36.3 Å². The van der Waals surface area contributed by atoms with Crippen molar-refractivity contribution in [3.63, 3.8) is 0 Å². The Bertz CT molecular complexity index is 1290. The Labute approximate surface area is 267 Å². The van der Waals surface area contributed by atoms with Crippen LogP contribution >= 0.6 is 0 Å². The van der Waals surface area contributed by atoms with Crippen LogP contribution in [0.15, 0.2) is 59.3 Å². The van der Waals surface area contributed by atoms with Gasteiger partial charge in [-0.25, -0.2) is 0 Å². The molecule has 246 valence electrons. The molecule has 2 N–H and O–H groups in total. The number of carbonyl (C=O) groups is 2. The summed E-state index contributed by atoms with van der Waals surface area (Å²) in [5, 5.41) is 23.4. The van der Waals surface area contributed by atoms with E-state index in [4.69, 9.17) is 18.9 Å². The van der Waals surface area contributed by atoms with Gasteiger partial charge in [-0.2, -0.15) is 0 Å². The molecule has 1 spiro atoms. The third-order valence-electron chi connectivity index (χ3n) is 11.2. The van der Waals surface area contributed by atoms with Gasteiger partial charge in [0.2, 0.25) is 0 Å². The number of esters is 1. The number of carbonyl (C=O) groups excluding carboxylic acids is 2. The van der Waals surface area contributed by atoms with Gasteiger partial charge < -0.3 is 34.0 Å². The molecule has 0 aromatic rings. The molecule has 2 aliphatic carbocycles. The first-order chi connectivity index (χ1) is 21.5. The monoisotopic (exact) mass is 622 g/mol. The van der Waals surface area contributed by atoms with Gasteiger partial charge in [0, 0.05) is 24.7 Å². The Hall–Kier alpha value is -2.36. The van der Waals surface area contributed by atoms with Gasteiger partial charge in [0.1, 0.15) is 30.0 Å². The van der Waals surface area contributed by atoms with Crippen molar-refractivity contribution < 1.29 is 38.7 Å². The number of aldehydes is 1. The highest BCUT2D eigenvalue weighted by Crippen LogP contribution is 2.48. The zero-order valence-electron chi connectivity index (χ0n) is 27.1. The summed E-state index contributed by atoms with van der Waals surface area (Å²) in [5.74, 6) is -2.81. The molecule has 1 saturated carbocycles.